The van der Waals surface area contributed by atoms with E-state index in [1.54, 1.807) is 18.2 Å². The lowest BCUT2D eigenvalue weighted by atomic mass is 10.2. The van der Waals surface area contributed by atoms with Crippen molar-refractivity contribution in [2.75, 3.05) is 0 Å². The minimum atomic E-state index is 0.0889. The highest BCUT2D eigenvalue weighted by Gasteiger charge is 1.98. The number of thiocarbonyl (C=S) groups is 1. The summed E-state index contributed by atoms with van der Waals surface area (Å²) >= 11 is 10.4. The Morgan fingerprint density at radius 3 is 2.93 bits per heavy atom. The molecule has 0 amide bonds. The van der Waals surface area contributed by atoms with Crippen LogP contribution >= 0.6 is 23.8 Å². The Bertz CT molecular complexity index is 450. The van der Waals surface area contributed by atoms with Gasteiger partial charge in [0.25, 0.3) is 0 Å². The molecule has 0 heterocycles. The number of hydrogen-bond donors (Lipinski definition) is 2. The summed E-state index contributed by atoms with van der Waals surface area (Å²) < 4.78 is 0. The largest absolute Gasteiger partial charge is 0.375 e. The minimum absolute atomic E-state index is 0.0889. The van der Waals surface area contributed by atoms with Crippen molar-refractivity contribution in [1.29, 1.82) is 5.26 Å². The van der Waals surface area contributed by atoms with Gasteiger partial charge >= 0.3 is 0 Å². The molecule has 0 aromatic heterocycles. The molecule has 1 aromatic carbocycles. The number of benzene rings is 1. The fourth-order valence-electron chi connectivity index (χ4n) is 0.873. The van der Waals surface area contributed by atoms with Gasteiger partial charge in [0.2, 0.25) is 0 Å². The smallest absolute Gasteiger partial charge is 0.184 e. The summed E-state index contributed by atoms with van der Waals surface area (Å²) in [5.74, 6) is 0. The van der Waals surface area contributed by atoms with Crippen molar-refractivity contribution >= 4 is 35.1 Å². The fraction of sp³-hybridized carbons (Fsp3) is 0. The first kappa shape index (κ1) is 11.4. The minimum Gasteiger partial charge on any atom is -0.375 e. The second kappa shape index (κ2) is 5.29. The summed E-state index contributed by atoms with van der Waals surface area (Å²) in [6.07, 6.45) is 1.51. The summed E-state index contributed by atoms with van der Waals surface area (Å²) in [4.78, 5) is 0. The van der Waals surface area contributed by atoms with E-state index in [1.165, 1.54) is 6.21 Å². The number of nitrogens with one attached hydrogen (secondary N) is 1. The van der Waals surface area contributed by atoms with Crippen LogP contribution in [0, 0.1) is 11.3 Å². The second-order valence-electron chi connectivity index (χ2n) is 2.59. The third-order valence-corrected chi connectivity index (χ3v) is 1.91. The molecule has 3 N–H and O–H groups in total. The van der Waals surface area contributed by atoms with Crippen molar-refractivity contribution in [3.05, 3.63) is 34.3 Å². The molecule has 0 radical (unpaired) electrons. The number of hydrogen-bond acceptors (Lipinski definition) is 3. The Hall–Kier alpha value is -1.64. The Morgan fingerprint density at radius 2 is 2.40 bits per heavy atom. The fourth-order valence-corrected chi connectivity index (χ4v) is 1.16. The molecule has 0 aliphatic heterocycles. The zero-order chi connectivity index (χ0) is 11.3. The van der Waals surface area contributed by atoms with Crippen molar-refractivity contribution in [1.82, 2.24) is 5.43 Å². The van der Waals surface area contributed by atoms with E-state index >= 15 is 0 Å². The van der Waals surface area contributed by atoms with Crippen LogP contribution in [0.1, 0.15) is 11.1 Å². The van der Waals surface area contributed by atoms with Crippen molar-refractivity contribution in [3.8, 4) is 6.07 Å². The number of nitrogens with two attached hydrogens (primary N) is 1. The molecule has 0 bridgehead atoms. The van der Waals surface area contributed by atoms with Gasteiger partial charge in [-0.3, -0.25) is 5.43 Å². The normalized spacial score (nSPS) is 9.87. The number of nitrogens with zero attached hydrogens (tertiary/aromatic N) is 2. The molecule has 0 atom stereocenters. The van der Waals surface area contributed by atoms with Crippen LogP contribution in [0.25, 0.3) is 0 Å². The van der Waals surface area contributed by atoms with Gasteiger partial charge in [0, 0.05) is 0 Å². The average Bonchev–Trinajstić information content (AvgIpc) is 2.17. The standard InChI is InChI=1S/C9H7ClN4S/c10-8-3-6(1-2-7(8)4-11)5-13-14-9(12)15/h1-3,5H,(H3,12,14,15). The molecule has 4 nitrogen and oxygen atoms in total. The van der Waals surface area contributed by atoms with Gasteiger partial charge in [-0.05, 0) is 29.9 Å². The first-order valence-electron chi connectivity index (χ1n) is 3.91. The van der Waals surface area contributed by atoms with Gasteiger partial charge in [0.15, 0.2) is 5.11 Å². The predicted molar refractivity (Wildman–Crippen MR) is 63.7 cm³/mol. The van der Waals surface area contributed by atoms with Crippen LogP contribution in [0.3, 0.4) is 0 Å². The lowest BCUT2D eigenvalue weighted by Gasteiger charge is -1.97. The average molecular weight is 239 g/mol. The van der Waals surface area contributed by atoms with E-state index < -0.39 is 0 Å². The molecule has 15 heavy (non-hydrogen) atoms. The van der Waals surface area contributed by atoms with Gasteiger partial charge < -0.3 is 5.73 Å². The van der Waals surface area contributed by atoms with Crippen molar-refractivity contribution < 1.29 is 0 Å². The van der Waals surface area contributed by atoms with Crippen molar-refractivity contribution in [3.63, 3.8) is 0 Å². The monoisotopic (exact) mass is 238 g/mol. The maximum Gasteiger partial charge on any atom is 0.184 e. The van der Waals surface area contributed by atoms with E-state index in [9.17, 15) is 0 Å². The van der Waals surface area contributed by atoms with Gasteiger partial charge in [-0.25, -0.2) is 0 Å². The number of rotatable bonds is 2. The summed E-state index contributed by atoms with van der Waals surface area (Å²) in [5.41, 5.74) is 8.76. The Kier molecular flexibility index (Phi) is 4.03. The molecule has 76 valence electrons. The highest BCUT2D eigenvalue weighted by Crippen LogP contribution is 2.15. The molecule has 0 aliphatic rings. The maximum atomic E-state index is 8.64. The van der Waals surface area contributed by atoms with E-state index in [-0.39, 0.29) is 5.11 Å². The van der Waals surface area contributed by atoms with Crippen LogP contribution in [0.5, 0.6) is 0 Å². The van der Waals surface area contributed by atoms with Gasteiger partial charge in [0.05, 0.1) is 16.8 Å². The molecule has 6 heteroatoms. The van der Waals surface area contributed by atoms with Crippen molar-refractivity contribution in [2.24, 2.45) is 10.8 Å². The summed E-state index contributed by atoms with van der Waals surface area (Å²) in [7, 11) is 0. The molecule has 1 aromatic rings. The lowest BCUT2D eigenvalue weighted by Crippen LogP contribution is -2.23. The summed E-state index contributed by atoms with van der Waals surface area (Å²) in [6, 6.07) is 6.93. The first-order chi connectivity index (χ1) is 7.13. The molecule has 1 rings (SSSR count). The topological polar surface area (TPSA) is 74.2 Å². The van der Waals surface area contributed by atoms with Crippen LogP contribution in [0.2, 0.25) is 5.02 Å². The third-order valence-electron chi connectivity index (χ3n) is 1.50. The summed E-state index contributed by atoms with van der Waals surface area (Å²) in [6.45, 7) is 0. The molecule has 0 spiro atoms. The first-order valence-corrected chi connectivity index (χ1v) is 4.70. The van der Waals surface area contributed by atoms with Crippen LogP contribution in [-0.4, -0.2) is 11.3 Å². The van der Waals surface area contributed by atoms with Gasteiger partial charge in [-0.2, -0.15) is 10.4 Å². The zero-order valence-electron chi connectivity index (χ0n) is 7.57. The number of halogens is 1. The van der Waals surface area contributed by atoms with E-state index in [1.807, 2.05) is 6.07 Å². The SMILES string of the molecule is N#Cc1ccc(C=NNC(N)=S)cc1Cl. The van der Waals surface area contributed by atoms with Gasteiger partial charge in [-0.1, -0.05) is 17.7 Å². The van der Waals surface area contributed by atoms with Crippen LogP contribution in [0.15, 0.2) is 23.3 Å². The van der Waals surface area contributed by atoms with Crippen LogP contribution in [-0.2, 0) is 0 Å². The number of hydrazone groups is 1. The molecule has 0 saturated heterocycles. The Balaban J connectivity index is 2.81. The van der Waals surface area contributed by atoms with Gasteiger partial charge in [0.1, 0.15) is 6.07 Å². The third kappa shape index (κ3) is 3.54. The Morgan fingerprint density at radius 1 is 1.67 bits per heavy atom. The molecule has 0 unspecified atom stereocenters. The van der Waals surface area contributed by atoms with E-state index in [2.05, 4.69) is 22.7 Å². The highest BCUT2D eigenvalue weighted by molar-refractivity contribution is 7.80. The quantitative estimate of drug-likeness (QED) is 0.464. The predicted octanol–water partition coefficient (Wildman–Crippen LogP) is 1.38. The molecular formula is C9H7ClN4S. The molecule has 0 fully saturated rings. The van der Waals surface area contributed by atoms with E-state index in [4.69, 9.17) is 22.6 Å². The van der Waals surface area contributed by atoms with E-state index in [0.717, 1.165) is 5.56 Å². The number of nitriles is 1. The zero-order valence-corrected chi connectivity index (χ0v) is 9.14. The molecule has 0 aliphatic carbocycles. The molecule has 0 saturated carbocycles. The molecular weight excluding hydrogens is 232 g/mol. The van der Waals surface area contributed by atoms with Crippen molar-refractivity contribution in [2.45, 2.75) is 0 Å². The lowest BCUT2D eigenvalue weighted by molar-refractivity contribution is 1.04. The Labute approximate surface area is 97.3 Å². The second-order valence-corrected chi connectivity index (χ2v) is 3.43. The van der Waals surface area contributed by atoms with Gasteiger partial charge in [-0.15, -0.1) is 0 Å². The van der Waals surface area contributed by atoms with E-state index in [0.29, 0.717) is 10.6 Å². The van der Waals surface area contributed by atoms with Crippen LogP contribution in [0.4, 0.5) is 0 Å². The maximum absolute atomic E-state index is 8.64. The highest BCUT2D eigenvalue weighted by atomic mass is 35.5. The summed E-state index contributed by atoms with van der Waals surface area (Å²) in [5, 5.41) is 12.9. The van der Waals surface area contributed by atoms with Crippen LogP contribution < -0.4 is 11.2 Å².